The van der Waals surface area contributed by atoms with Gasteiger partial charge in [-0.3, -0.25) is 4.98 Å². The van der Waals surface area contributed by atoms with Crippen molar-refractivity contribution in [1.29, 1.82) is 0 Å². The van der Waals surface area contributed by atoms with Gasteiger partial charge in [-0.15, -0.1) is 0 Å². The maximum absolute atomic E-state index is 11.8. The SMILES string of the molecule is CC[C@@H](C)NC(=O)Nc1cccc2ncccc12. The Balaban J connectivity index is 2.19. The number of hydrogen-bond donors (Lipinski definition) is 2. The van der Waals surface area contributed by atoms with Crippen molar-refractivity contribution in [3.05, 3.63) is 36.5 Å². The van der Waals surface area contributed by atoms with Crippen LogP contribution in [0.4, 0.5) is 10.5 Å². The number of pyridine rings is 1. The van der Waals surface area contributed by atoms with Gasteiger partial charge in [-0.2, -0.15) is 0 Å². The number of anilines is 1. The number of nitrogens with one attached hydrogen (secondary N) is 2. The quantitative estimate of drug-likeness (QED) is 0.870. The van der Waals surface area contributed by atoms with Crippen LogP contribution in [0.2, 0.25) is 0 Å². The number of benzene rings is 1. The molecule has 94 valence electrons. The molecule has 0 unspecified atom stereocenters. The second kappa shape index (κ2) is 5.49. The summed E-state index contributed by atoms with van der Waals surface area (Å²) in [5.74, 6) is 0. The Morgan fingerprint density at radius 1 is 1.33 bits per heavy atom. The molecule has 2 aromatic rings. The number of carbonyl (C=O) groups excluding carboxylic acids is 1. The van der Waals surface area contributed by atoms with Crippen LogP contribution < -0.4 is 10.6 Å². The first-order chi connectivity index (χ1) is 8.70. The molecule has 4 nitrogen and oxygen atoms in total. The third-order valence-electron chi connectivity index (χ3n) is 2.88. The van der Waals surface area contributed by atoms with Crippen molar-refractivity contribution in [3.8, 4) is 0 Å². The molecular formula is C14H17N3O. The van der Waals surface area contributed by atoms with Gasteiger partial charge in [-0.05, 0) is 37.6 Å². The van der Waals surface area contributed by atoms with E-state index in [1.807, 2.05) is 44.2 Å². The van der Waals surface area contributed by atoms with E-state index in [-0.39, 0.29) is 12.1 Å². The van der Waals surface area contributed by atoms with Gasteiger partial charge in [0.1, 0.15) is 0 Å². The van der Waals surface area contributed by atoms with Gasteiger partial charge >= 0.3 is 6.03 Å². The van der Waals surface area contributed by atoms with Crippen LogP contribution in [0.25, 0.3) is 10.9 Å². The predicted molar refractivity (Wildman–Crippen MR) is 73.7 cm³/mol. The fourth-order valence-electron chi connectivity index (χ4n) is 1.70. The molecule has 1 aromatic heterocycles. The predicted octanol–water partition coefficient (Wildman–Crippen LogP) is 3.15. The number of hydrogen-bond acceptors (Lipinski definition) is 2. The molecule has 0 radical (unpaired) electrons. The van der Waals surface area contributed by atoms with Crippen molar-refractivity contribution in [2.45, 2.75) is 26.3 Å². The maximum atomic E-state index is 11.8. The van der Waals surface area contributed by atoms with E-state index in [0.29, 0.717) is 0 Å². The average molecular weight is 243 g/mol. The minimum absolute atomic E-state index is 0.165. The van der Waals surface area contributed by atoms with Crippen molar-refractivity contribution < 1.29 is 4.79 Å². The zero-order chi connectivity index (χ0) is 13.0. The first-order valence-electron chi connectivity index (χ1n) is 6.12. The van der Waals surface area contributed by atoms with Crippen LogP contribution in [-0.4, -0.2) is 17.1 Å². The molecule has 4 heteroatoms. The molecule has 0 aliphatic carbocycles. The molecule has 0 aliphatic heterocycles. The van der Waals surface area contributed by atoms with Gasteiger partial charge in [-0.1, -0.05) is 13.0 Å². The minimum atomic E-state index is -0.180. The zero-order valence-electron chi connectivity index (χ0n) is 10.6. The van der Waals surface area contributed by atoms with Crippen molar-refractivity contribution in [3.63, 3.8) is 0 Å². The second-order valence-electron chi connectivity index (χ2n) is 4.28. The summed E-state index contributed by atoms with van der Waals surface area (Å²) in [6.45, 7) is 4.01. The summed E-state index contributed by atoms with van der Waals surface area (Å²) >= 11 is 0. The number of urea groups is 1. The van der Waals surface area contributed by atoms with E-state index >= 15 is 0 Å². The summed E-state index contributed by atoms with van der Waals surface area (Å²) in [4.78, 5) is 16.0. The number of rotatable bonds is 3. The number of fused-ring (bicyclic) bond motifs is 1. The van der Waals surface area contributed by atoms with Gasteiger partial charge in [0.15, 0.2) is 0 Å². The average Bonchev–Trinajstić information content (AvgIpc) is 2.39. The molecule has 2 N–H and O–H groups in total. The highest BCUT2D eigenvalue weighted by Crippen LogP contribution is 2.20. The Labute approximate surface area is 106 Å². The van der Waals surface area contributed by atoms with Crippen LogP contribution in [-0.2, 0) is 0 Å². The normalized spacial score (nSPS) is 12.1. The molecule has 2 rings (SSSR count). The zero-order valence-corrected chi connectivity index (χ0v) is 10.6. The fraction of sp³-hybridized carbons (Fsp3) is 0.286. The van der Waals surface area contributed by atoms with Crippen molar-refractivity contribution in [1.82, 2.24) is 10.3 Å². The first kappa shape index (κ1) is 12.4. The van der Waals surface area contributed by atoms with E-state index in [1.165, 1.54) is 0 Å². The fourth-order valence-corrected chi connectivity index (χ4v) is 1.70. The number of nitrogens with zero attached hydrogens (tertiary/aromatic N) is 1. The Morgan fingerprint density at radius 3 is 2.94 bits per heavy atom. The smallest absolute Gasteiger partial charge is 0.319 e. The molecule has 0 spiro atoms. The minimum Gasteiger partial charge on any atom is -0.335 e. The number of carbonyl (C=O) groups is 1. The van der Waals surface area contributed by atoms with Crippen molar-refractivity contribution in [2.24, 2.45) is 0 Å². The molecule has 0 saturated heterocycles. The summed E-state index contributed by atoms with van der Waals surface area (Å²) in [5, 5.41) is 6.68. The molecule has 1 atom stereocenters. The van der Waals surface area contributed by atoms with Gasteiger partial charge < -0.3 is 10.6 Å². The summed E-state index contributed by atoms with van der Waals surface area (Å²) in [6.07, 6.45) is 2.65. The standard InChI is InChI=1S/C14H17N3O/c1-3-10(2)16-14(18)17-13-8-4-7-12-11(13)6-5-9-15-12/h4-10H,3H2,1-2H3,(H2,16,17,18)/t10-/m1/s1. The summed E-state index contributed by atoms with van der Waals surface area (Å²) in [5.41, 5.74) is 1.65. The Bertz CT molecular complexity index is 548. The molecule has 2 amide bonds. The molecule has 18 heavy (non-hydrogen) atoms. The number of aromatic nitrogens is 1. The van der Waals surface area contributed by atoms with Crippen molar-refractivity contribution >= 4 is 22.6 Å². The van der Waals surface area contributed by atoms with Crippen LogP contribution in [0.1, 0.15) is 20.3 Å². The van der Waals surface area contributed by atoms with E-state index in [2.05, 4.69) is 15.6 Å². The summed E-state index contributed by atoms with van der Waals surface area (Å²) in [6, 6.07) is 9.47. The Hall–Kier alpha value is -2.10. The maximum Gasteiger partial charge on any atom is 0.319 e. The molecular weight excluding hydrogens is 226 g/mol. The van der Waals surface area contributed by atoms with E-state index in [4.69, 9.17) is 0 Å². The topological polar surface area (TPSA) is 54.0 Å². The third-order valence-corrected chi connectivity index (χ3v) is 2.88. The third kappa shape index (κ3) is 2.77. The molecule has 0 fully saturated rings. The first-order valence-corrected chi connectivity index (χ1v) is 6.12. The van der Waals surface area contributed by atoms with Gasteiger partial charge in [0, 0.05) is 17.6 Å². The van der Waals surface area contributed by atoms with E-state index in [9.17, 15) is 4.79 Å². The molecule has 0 bridgehead atoms. The molecule has 0 saturated carbocycles. The van der Waals surface area contributed by atoms with Crippen LogP contribution in [0.15, 0.2) is 36.5 Å². The lowest BCUT2D eigenvalue weighted by molar-refractivity contribution is 0.249. The largest absolute Gasteiger partial charge is 0.335 e. The molecule has 1 aromatic carbocycles. The monoisotopic (exact) mass is 243 g/mol. The van der Waals surface area contributed by atoms with Crippen LogP contribution in [0, 0.1) is 0 Å². The lowest BCUT2D eigenvalue weighted by Crippen LogP contribution is -2.35. The Kier molecular flexibility index (Phi) is 3.77. The van der Waals surface area contributed by atoms with Gasteiger partial charge in [-0.25, -0.2) is 4.79 Å². The second-order valence-corrected chi connectivity index (χ2v) is 4.28. The highest BCUT2D eigenvalue weighted by molar-refractivity contribution is 6.00. The molecule has 0 aliphatic rings. The lowest BCUT2D eigenvalue weighted by atomic mass is 10.2. The Morgan fingerprint density at radius 2 is 2.17 bits per heavy atom. The van der Waals surface area contributed by atoms with Gasteiger partial charge in [0.05, 0.1) is 11.2 Å². The van der Waals surface area contributed by atoms with Gasteiger partial charge in [0.2, 0.25) is 0 Å². The van der Waals surface area contributed by atoms with Gasteiger partial charge in [0.25, 0.3) is 0 Å². The highest BCUT2D eigenvalue weighted by atomic mass is 16.2. The number of amides is 2. The van der Waals surface area contributed by atoms with Crippen molar-refractivity contribution in [2.75, 3.05) is 5.32 Å². The van der Waals surface area contributed by atoms with Crippen LogP contribution >= 0.6 is 0 Å². The van der Waals surface area contributed by atoms with Crippen LogP contribution in [0.3, 0.4) is 0 Å². The lowest BCUT2D eigenvalue weighted by Gasteiger charge is -2.13. The van der Waals surface area contributed by atoms with Crippen LogP contribution in [0.5, 0.6) is 0 Å². The van der Waals surface area contributed by atoms with E-state index in [1.54, 1.807) is 6.20 Å². The molecule has 1 heterocycles. The summed E-state index contributed by atoms with van der Waals surface area (Å²) < 4.78 is 0. The van der Waals surface area contributed by atoms with E-state index < -0.39 is 0 Å². The highest BCUT2D eigenvalue weighted by Gasteiger charge is 2.07. The summed E-state index contributed by atoms with van der Waals surface area (Å²) in [7, 11) is 0. The van der Waals surface area contributed by atoms with E-state index in [0.717, 1.165) is 23.0 Å².